The first kappa shape index (κ1) is 16.2. The van der Waals surface area contributed by atoms with Gasteiger partial charge in [0.1, 0.15) is 5.82 Å². The number of alkyl halides is 3. The van der Waals surface area contributed by atoms with E-state index in [1.54, 1.807) is 0 Å². The van der Waals surface area contributed by atoms with Crippen LogP contribution in [0.1, 0.15) is 11.1 Å². The van der Waals surface area contributed by atoms with Gasteiger partial charge >= 0.3 is 6.18 Å². The maximum atomic E-state index is 13.4. The maximum Gasteiger partial charge on any atom is 0.416 e. The van der Waals surface area contributed by atoms with Gasteiger partial charge in [0.15, 0.2) is 0 Å². The number of nitrogens with zero attached hydrogens (tertiary/aromatic N) is 1. The van der Waals surface area contributed by atoms with Crippen LogP contribution < -0.4 is 0 Å². The monoisotopic (exact) mass is 307 g/mol. The molecular weight excluding hydrogens is 290 g/mol. The highest BCUT2D eigenvalue weighted by Crippen LogP contribution is 2.30. The van der Waals surface area contributed by atoms with E-state index in [9.17, 15) is 22.7 Å². The van der Waals surface area contributed by atoms with Gasteiger partial charge in [-0.05, 0) is 23.8 Å². The van der Waals surface area contributed by atoms with E-state index < -0.39 is 17.6 Å². The Kier molecular flexibility index (Phi) is 5.18. The molecule has 0 aliphatic carbocycles. The highest BCUT2D eigenvalue weighted by Gasteiger charge is 2.31. The highest BCUT2D eigenvalue weighted by atomic mass is 19.4. The minimum Gasteiger partial charge on any atom is -0.396 e. The molecule has 1 heterocycles. The molecule has 1 aliphatic heterocycles. The molecule has 0 saturated carbocycles. The Labute approximate surface area is 120 Å². The Hall–Kier alpha value is -1.18. The number of ether oxygens (including phenoxy) is 1. The zero-order chi connectivity index (χ0) is 15.5. The molecule has 0 spiro atoms. The fourth-order valence-corrected chi connectivity index (χ4v) is 2.37. The van der Waals surface area contributed by atoms with Gasteiger partial charge in [-0.2, -0.15) is 13.2 Å². The normalized spacial score (nSPS) is 21.3. The molecule has 0 bridgehead atoms. The number of hydrogen-bond donors (Lipinski definition) is 1. The summed E-state index contributed by atoms with van der Waals surface area (Å²) >= 11 is 0. The second-order valence-electron chi connectivity index (χ2n) is 5.20. The quantitative estimate of drug-likeness (QED) is 0.870. The van der Waals surface area contributed by atoms with E-state index in [1.165, 1.54) is 0 Å². The van der Waals surface area contributed by atoms with Crippen molar-refractivity contribution >= 4 is 0 Å². The molecule has 1 aliphatic rings. The van der Waals surface area contributed by atoms with Crippen LogP contribution in [0.5, 0.6) is 0 Å². The van der Waals surface area contributed by atoms with E-state index in [1.807, 2.05) is 4.90 Å². The van der Waals surface area contributed by atoms with Gasteiger partial charge in [-0.1, -0.05) is 0 Å². The predicted molar refractivity (Wildman–Crippen MR) is 68.1 cm³/mol. The minimum atomic E-state index is -4.56. The first-order valence-electron chi connectivity index (χ1n) is 6.66. The summed E-state index contributed by atoms with van der Waals surface area (Å²) < 4.78 is 56.7. The maximum absolute atomic E-state index is 13.4. The molecule has 3 nitrogen and oxygen atoms in total. The van der Waals surface area contributed by atoms with Crippen LogP contribution in [-0.2, 0) is 17.5 Å². The zero-order valence-corrected chi connectivity index (χ0v) is 11.4. The van der Waals surface area contributed by atoms with Crippen molar-refractivity contribution in [3.05, 3.63) is 35.1 Å². The predicted octanol–water partition coefficient (Wildman–Crippen LogP) is 2.29. The SMILES string of the molecule is OCC1COCCN(Cc2cc(F)cc(C(F)(F)F)c2)C1. The number of hydrogen-bond acceptors (Lipinski definition) is 3. The molecule has 1 unspecified atom stereocenters. The van der Waals surface area contributed by atoms with E-state index in [-0.39, 0.29) is 24.6 Å². The van der Waals surface area contributed by atoms with E-state index in [0.29, 0.717) is 32.4 Å². The summed E-state index contributed by atoms with van der Waals surface area (Å²) in [6.45, 7) is 2.05. The smallest absolute Gasteiger partial charge is 0.396 e. The van der Waals surface area contributed by atoms with E-state index >= 15 is 0 Å². The lowest BCUT2D eigenvalue weighted by molar-refractivity contribution is -0.137. The summed E-state index contributed by atoms with van der Waals surface area (Å²) in [7, 11) is 0. The van der Waals surface area contributed by atoms with Gasteiger partial charge in [0.2, 0.25) is 0 Å². The molecular formula is C14H17F4NO2. The molecule has 7 heteroatoms. The summed E-state index contributed by atoms with van der Waals surface area (Å²) in [4.78, 5) is 1.86. The fraction of sp³-hybridized carbons (Fsp3) is 0.571. The molecule has 1 aromatic rings. The van der Waals surface area contributed by atoms with Crippen molar-refractivity contribution in [1.29, 1.82) is 0 Å². The Balaban J connectivity index is 2.13. The summed E-state index contributed by atoms with van der Waals surface area (Å²) in [5.74, 6) is -0.979. The molecule has 1 saturated heterocycles. The molecule has 1 fully saturated rings. The van der Waals surface area contributed by atoms with Gasteiger partial charge in [-0.25, -0.2) is 4.39 Å². The van der Waals surface area contributed by atoms with Gasteiger partial charge in [0, 0.05) is 32.2 Å². The molecule has 1 N–H and O–H groups in total. The molecule has 2 rings (SSSR count). The van der Waals surface area contributed by atoms with E-state index in [4.69, 9.17) is 4.74 Å². The topological polar surface area (TPSA) is 32.7 Å². The van der Waals surface area contributed by atoms with Crippen LogP contribution in [0.4, 0.5) is 17.6 Å². The fourth-order valence-electron chi connectivity index (χ4n) is 2.37. The lowest BCUT2D eigenvalue weighted by Crippen LogP contribution is -2.31. The van der Waals surface area contributed by atoms with Crippen LogP contribution >= 0.6 is 0 Å². The van der Waals surface area contributed by atoms with Crippen LogP contribution in [-0.4, -0.2) is 42.9 Å². The molecule has 1 atom stereocenters. The minimum absolute atomic E-state index is 0.0482. The number of halogens is 4. The number of aliphatic hydroxyl groups excluding tert-OH is 1. The van der Waals surface area contributed by atoms with Crippen molar-refractivity contribution in [2.24, 2.45) is 5.92 Å². The average molecular weight is 307 g/mol. The molecule has 0 aromatic heterocycles. The summed E-state index contributed by atoms with van der Waals surface area (Å²) in [6.07, 6.45) is -4.56. The average Bonchev–Trinajstić information content (AvgIpc) is 2.62. The Morgan fingerprint density at radius 1 is 1.29 bits per heavy atom. The highest BCUT2D eigenvalue weighted by molar-refractivity contribution is 5.26. The van der Waals surface area contributed by atoms with Gasteiger partial charge in [-0.15, -0.1) is 0 Å². The summed E-state index contributed by atoms with van der Waals surface area (Å²) in [6, 6.07) is 2.56. The standard InChI is InChI=1S/C14H17F4NO2/c15-13-4-10(3-12(5-13)14(16,17)18)6-19-1-2-21-9-11(7-19)8-20/h3-5,11,20H,1-2,6-9H2. The van der Waals surface area contributed by atoms with Gasteiger partial charge in [-0.3, -0.25) is 4.90 Å². The molecule has 21 heavy (non-hydrogen) atoms. The van der Waals surface area contributed by atoms with Crippen molar-refractivity contribution < 1.29 is 27.4 Å². The first-order chi connectivity index (χ1) is 9.88. The van der Waals surface area contributed by atoms with Crippen molar-refractivity contribution in [2.45, 2.75) is 12.7 Å². The van der Waals surface area contributed by atoms with Crippen LogP contribution in [0.3, 0.4) is 0 Å². The van der Waals surface area contributed by atoms with Crippen molar-refractivity contribution in [3.8, 4) is 0 Å². The number of rotatable bonds is 3. The Bertz CT molecular complexity index is 479. The lowest BCUT2D eigenvalue weighted by Gasteiger charge is -2.22. The van der Waals surface area contributed by atoms with Crippen LogP contribution in [0, 0.1) is 11.7 Å². The van der Waals surface area contributed by atoms with Crippen molar-refractivity contribution in [1.82, 2.24) is 4.90 Å². The van der Waals surface area contributed by atoms with Crippen molar-refractivity contribution in [2.75, 3.05) is 32.9 Å². The molecule has 118 valence electrons. The molecule has 0 amide bonds. The van der Waals surface area contributed by atoms with Crippen LogP contribution in [0.15, 0.2) is 18.2 Å². The third-order valence-electron chi connectivity index (χ3n) is 3.37. The van der Waals surface area contributed by atoms with Crippen LogP contribution in [0.2, 0.25) is 0 Å². The summed E-state index contributed by atoms with van der Waals surface area (Å²) in [5, 5.41) is 9.18. The van der Waals surface area contributed by atoms with Gasteiger partial charge in [0.05, 0.1) is 18.8 Å². The second kappa shape index (κ2) is 6.72. The second-order valence-corrected chi connectivity index (χ2v) is 5.20. The third kappa shape index (κ3) is 4.66. The van der Waals surface area contributed by atoms with Crippen LogP contribution in [0.25, 0.3) is 0 Å². The van der Waals surface area contributed by atoms with E-state index in [0.717, 1.165) is 12.1 Å². The lowest BCUT2D eigenvalue weighted by atomic mass is 10.1. The molecule has 1 aromatic carbocycles. The molecule has 0 radical (unpaired) electrons. The third-order valence-corrected chi connectivity index (χ3v) is 3.37. The van der Waals surface area contributed by atoms with Gasteiger partial charge < -0.3 is 9.84 Å². The van der Waals surface area contributed by atoms with Gasteiger partial charge in [0.25, 0.3) is 0 Å². The zero-order valence-electron chi connectivity index (χ0n) is 11.4. The summed E-state index contributed by atoms with van der Waals surface area (Å²) in [5.41, 5.74) is -0.719. The Morgan fingerprint density at radius 2 is 2.05 bits per heavy atom. The Morgan fingerprint density at radius 3 is 2.71 bits per heavy atom. The largest absolute Gasteiger partial charge is 0.416 e. The number of aliphatic hydroxyl groups is 1. The first-order valence-corrected chi connectivity index (χ1v) is 6.66. The van der Waals surface area contributed by atoms with E-state index in [2.05, 4.69) is 0 Å². The number of benzene rings is 1. The van der Waals surface area contributed by atoms with Crippen molar-refractivity contribution in [3.63, 3.8) is 0 Å².